The van der Waals surface area contributed by atoms with Gasteiger partial charge in [0.05, 0.1) is 13.2 Å². The van der Waals surface area contributed by atoms with Gasteiger partial charge in [-0.15, -0.1) is 0 Å². The van der Waals surface area contributed by atoms with Crippen molar-refractivity contribution in [3.8, 4) is 0 Å². The summed E-state index contributed by atoms with van der Waals surface area (Å²) in [6.45, 7) is 3.47. The molecule has 2 fully saturated rings. The van der Waals surface area contributed by atoms with Crippen molar-refractivity contribution in [3.05, 3.63) is 12.2 Å². The highest BCUT2D eigenvalue weighted by atomic mass is 32.1. The minimum Gasteiger partial charge on any atom is -0.378 e. The molecule has 0 spiro atoms. The van der Waals surface area contributed by atoms with Gasteiger partial charge in [0, 0.05) is 19.1 Å². The predicted octanol–water partition coefficient (Wildman–Crippen LogP) is 1.16. The molecular weight excluding hydrogens is 220 g/mol. The van der Waals surface area contributed by atoms with Gasteiger partial charge < -0.3 is 15.0 Å². The van der Waals surface area contributed by atoms with Crippen molar-refractivity contribution >= 4 is 17.3 Å². The molecule has 1 saturated heterocycles. The highest BCUT2D eigenvalue weighted by Gasteiger charge is 2.36. The van der Waals surface area contributed by atoms with E-state index in [2.05, 4.69) is 22.4 Å². The molecule has 1 aliphatic heterocycles. The molecule has 1 heterocycles. The molecule has 1 N–H and O–H groups in total. The third kappa shape index (κ3) is 1.96. The van der Waals surface area contributed by atoms with Gasteiger partial charge in [-0.25, -0.2) is 0 Å². The lowest BCUT2D eigenvalue weighted by atomic mass is 10.0. The fourth-order valence-corrected chi connectivity index (χ4v) is 3.30. The Labute approximate surface area is 102 Å². The molecule has 3 unspecified atom stereocenters. The Morgan fingerprint density at radius 1 is 1.25 bits per heavy atom. The van der Waals surface area contributed by atoms with Crippen LogP contribution in [0, 0.1) is 11.8 Å². The van der Waals surface area contributed by atoms with Gasteiger partial charge in [0.2, 0.25) is 0 Å². The Kier molecular flexibility index (Phi) is 2.86. The van der Waals surface area contributed by atoms with E-state index in [0.29, 0.717) is 12.0 Å². The lowest BCUT2D eigenvalue weighted by Gasteiger charge is -2.32. The molecule has 16 heavy (non-hydrogen) atoms. The van der Waals surface area contributed by atoms with Gasteiger partial charge >= 0.3 is 0 Å². The third-order valence-electron chi connectivity index (χ3n) is 3.89. The van der Waals surface area contributed by atoms with Crippen LogP contribution < -0.4 is 5.32 Å². The Bertz CT molecular complexity index is 312. The van der Waals surface area contributed by atoms with E-state index >= 15 is 0 Å². The predicted molar refractivity (Wildman–Crippen MR) is 67.3 cm³/mol. The summed E-state index contributed by atoms with van der Waals surface area (Å²) in [4.78, 5) is 2.23. The number of hydrogen-bond donors (Lipinski definition) is 1. The number of hydrogen-bond acceptors (Lipinski definition) is 2. The molecule has 0 amide bonds. The Hall–Kier alpha value is -0.610. The third-order valence-corrected chi connectivity index (χ3v) is 4.26. The quantitative estimate of drug-likeness (QED) is 0.547. The van der Waals surface area contributed by atoms with Crippen LogP contribution in [0.15, 0.2) is 12.2 Å². The number of morpholine rings is 1. The van der Waals surface area contributed by atoms with Crippen LogP contribution in [0.1, 0.15) is 12.8 Å². The lowest BCUT2D eigenvalue weighted by Crippen LogP contribution is -2.49. The van der Waals surface area contributed by atoms with Gasteiger partial charge in [-0.05, 0) is 36.9 Å². The first kappa shape index (κ1) is 10.5. The smallest absolute Gasteiger partial charge is 0.169 e. The Morgan fingerprint density at radius 3 is 2.69 bits per heavy atom. The van der Waals surface area contributed by atoms with Crippen LogP contribution in [0.25, 0.3) is 0 Å². The molecule has 3 atom stereocenters. The molecule has 2 bridgehead atoms. The zero-order chi connectivity index (χ0) is 11.0. The molecule has 0 aromatic rings. The maximum Gasteiger partial charge on any atom is 0.169 e. The van der Waals surface area contributed by atoms with Crippen LogP contribution >= 0.6 is 12.2 Å². The molecule has 4 heteroatoms. The van der Waals surface area contributed by atoms with E-state index in [4.69, 9.17) is 17.0 Å². The number of thiocarbonyl (C=S) groups is 1. The van der Waals surface area contributed by atoms with Gasteiger partial charge in [-0.2, -0.15) is 0 Å². The summed E-state index contributed by atoms with van der Waals surface area (Å²) in [5, 5.41) is 4.46. The zero-order valence-corrected chi connectivity index (χ0v) is 10.2. The largest absolute Gasteiger partial charge is 0.378 e. The van der Waals surface area contributed by atoms with Crippen molar-refractivity contribution in [3.63, 3.8) is 0 Å². The van der Waals surface area contributed by atoms with Crippen LogP contribution in [0.5, 0.6) is 0 Å². The summed E-state index contributed by atoms with van der Waals surface area (Å²) in [6.07, 6.45) is 7.30. The molecule has 0 aromatic carbocycles. The maximum atomic E-state index is 5.46. The monoisotopic (exact) mass is 238 g/mol. The standard InChI is InChI=1S/C12H18N2OS/c16-12(14-3-5-15-6-4-14)13-11-8-9-1-2-10(11)7-9/h1-2,9-11H,3-8H2,(H,13,16). The van der Waals surface area contributed by atoms with E-state index < -0.39 is 0 Å². The number of nitrogens with zero attached hydrogens (tertiary/aromatic N) is 1. The number of allylic oxidation sites excluding steroid dienone is 1. The second-order valence-electron chi connectivity index (χ2n) is 4.94. The molecule has 88 valence electrons. The number of nitrogens with one attached hydrogen (secondary N) is 1. The summed E-state index contributed by atoms with van der Waals surface area (Å²) in [5.74, 6) is 1.51. The second kappa shape index (κ2) is 4.34. The van der Waals surface area contributed by atoms with Crippen molar-refractivity contribution in [1.29, 1.82) is 0 Å². The highest BCUT2D eigenvalue weighted by molar-refractivity contribution is 7.80. The molecular formula is C12H18N2OS. The van der Waals surface area contributed by atoms with Gasteiger partial charge in [-0.3, -0.25) is 0 Å². The topological polar surface area (TPSA) is 24.5 Å². The first-order chi connectivity index (χ1) is 7.83. The van der Waals surface area contributed by atoms with Gasteiger partial charge in [-0.1, -0.05) is 12.2 Å². The lowest BCUT2D eigenvalue weighted by molar-refractivity contribution is 0.0673. The SMILES string of the molecule is S=C(NC1CC2C=CC1C2)N1CCOCC1. The molecule has 3 rings (SSSR count). The second-order valence-corrected chi connectivity index (χ2v) is 5.32. The van der Waals surface area contributed by atoms with Crippen molar-refractivity contribution in [2.75, 3.05) is 26.3 Å². The van der Waals surface area contributed by atoms with Crippen molar-refractivity contribution in [1.82, 2.24) is 10.2 Å². The minimum absolute atomic E-state index is 0.574. The molecule has 0 aromatic heterocycles. The summed E-state index contributed by atoms with van der Waals surface area (Å²) < 4.78 is 5.33. The fraction of sp³-hybridized carbons (Fsp3) is 0.750. The molecule has 3 aliphatic rings. The normalized spacial score (nSPS) is 36.8. The molecule has 2 aliphatic carbocycles. The Morgan fingerprint density at radius 2 is 2.06 bits per heavy atom. The summed E-state index contributed by atoms with van der Waals surface area (Å²) in [6, 6.07) is 0.574. The molecule has 1 saturated carbocycles. The highest BCUT2D eigenvalue weighted by Crippen LogP contribution is 2.38. The fourth-order valence-electron chi connectivity index (χ4n) is 2.96. The van der Waals surface area contributed by atoms with E-state index in [-0.39, 0.29) is 0 Å². The Balaban J connectivity index is 1.54. The van der Waals surface area contributed by atoms with E-state index in [1.165, 1.54) is 12.8 Å². The van der Waals surface area contributed by atoms with E-state index in [0.717, 1.165) is 37.3 Å². The van der Waals surface area contributed by atoms with E-state index in [1.807, 2.05) is 0 Å². The first-order valence-electron chi connectivity index (χ1n) is 6.14. The molecule has 3 nitrogen and oxygen atoms in total. The van der Waals surface area contributed by atoms with Crippen LogP contribution in [0.4, 0.5) is 0 Å². The molecule has 0 radical (unpaired) electrons. The number of ether oxygens (including phenoxy) is 1. The summed E-state index contributed by atoms with van der Waals surface area (Å²) in [7, 11) is 0. The van der Waals surface area contributed by atoms with Gasteiger partial charge in [0.15, 0.2) is 5.11 Å². The van der Waals surface area contributed by atoms with Crippen LogP contribution in [0.2, 0.25) is 0 Å². The first-order valence-corrected chi connectivity index (χ1v) is 6.55. The summed E-state index contributed by atoms with van der Waals surface area (Å²) >= 11 is 5.46. The van der Waals surface area contributed by atoms with E-state index in [9.17, 15) is 0 Å². The van der Waals surface area contributed by atoms with E-state index in [1.54, 1.807) is 0 Å². The van der Waals surface area contributed by atoms with Gasteiger partial charge in [0.25, 0.3) is 0 Å². The van der Waals surface area contributed by atoms with Crippen molar-refractivity contribution in [2.24, 2.45) is 11.8 Å². The summed E-state index contributed by atoms with van der Waals surface area (Å²) in [5.41, 5.74) is 0. The van der Waals surface area contributed by atoms with Crippen LogP contribution in [-0.4, -0.2) is 42.4 Å². The van der Waals surface area contributed by atoms with Crippen LogP contribution in [0.3, 0.4) is 0 Å². The number of fused-ring (bicyclic) bond motifs is 2. The van der Waals surface area contributed by atoms with Gasteiger partial charge in [0.1, 0.15) is 0 Å². The van der Waals surface area contributed by atoms with Crippen molar-refractivity contribution < 1.29 is 4.74 Å². The minimum atomic E-state index is 0.574. The maximum absolute atomic E-state index is 5.46. The average molecular weight is 238 g/mol. The van der Waals surface area contributed by atoms with Crippen LogP contribution in [-0.2, 0) is 4.74 Å². The average Bonchev–Trinajstić information content (AvgIpc) is 2.92. The van der Waals surface area contributed by atoms with Crippen molar-refractivity contribution in [2.45, 2.75) is 18.9 Å². The number of rotatable bonds is 1. The zero-order valence-electron chi connectivity index (χ0n) is 9.39.